The molecule has 0 bridgehead atoms. The number of thiophene rings is 1. The van der Waals surface area contributed by atoms with E-state index in [0.717, 1.165) is 12.8 Å². The first-order chi connectivity index (χ1) is 19.9. The number of hydrogen-bond acceptors (Lipinski definition) is 8. The first-order valence-corrected chi connectivity index (χ1v) is 15.1. The minimum absolute atomic E-state index is 0.0410. The van der Waals surface area contributed by atoms with Gasteiger partial charge in [-0.15, -0.1) is 11.3 Å². The molecule has 3 aromatic rings. The number of anilines is 2. The lowest BCUT2D eigenvalue weighted by molar-refractivity contribution is -0.0554. The average molecular weight is 597 g/mol. The molecule has 2 aromatic heterocycles. The van der Waals surface area contributed by atoms with E-state index >= 15 is 0 Å². The molecule has 2 N–H and O–H groups in total. The lowest BCUT2D eigenvalue weighted by Crippen LogP contribution is -2.56. The van der Waals surface area contributed by atoms with Crippen molar-refractivity contribution >= 4 is 44.9 Å². The predicted molar refractivity (Wildman–Crippen MR) is 158 cm³/mol. The second-order valence-electron chi connectivity index (χ2n) is 12.1. The fourth-order valence-corrected chi connectivity index (χ4v) is 7.49. The molecule has 4 heterocycles. The highest BCUT2D eigenvalue weighted by molar-refractivity contribution is 7.20. The van der Waals surface area contributed by atoms with Crippen LogP contribution in [-0.2, 0) is 6.42 Å². The van der Waals surface area contributed by atoms with Crippen molar-refractivity contribution in [2.24, 2.45) is 0 Å². The molecule has 0 atom stereocenters. The summed E-state index contributed by atoms with van der Waals surface area (Å²) in [5.74, 6) is -2.73. The smallest absolute Gasteiger partial charge is 0.264 e. The number of amides is 2. The summed E-state index contributed by atoms with van der Waals surface area (Å²) in [6, 6.07) is 5.29. The number of fused-ring (bicyclic) bond motifs is 2. The van der Waals surface area contributed by atoms with Gasteiger partial charge in [0.25, 0.3) is 11.8 Å². The maximum Gasteiger partial charge on any atom is 0.264 e. The molecule has 42 heavy (non-hydrogen) atoms. The molecule has 1 saturated carbocycles. The van der Waals surface area contributed by atoms with E-state index in [1.807, 2.05) is 4.90 Å². The van der Waals surface area contributed by atoms with Crippen molar-refractivity contribution in [3.8, 4) is 0 Å². The van der Waals surface area contributed by atoms with Gasteiger partial charge in [-0.1, -0.05) is 0 Å². The Morgan fingerprint density at radius 3 is 2.50 bits per heavy atom. The molecular formula is C30H34F2N6O3S. The number of carbonyl (C=O) groups excluding carboxylic acids is 2. The van der Waals surface area contributed by atoms with E-state index in [-0.39, 0.29) is 48.6 Å². The highest BCUT2D eigenvalue weighted by atomic mass is 32.1. The minimum Gasteiger partial charge on any atom is -0.346 e. The van der Waals surface area contributed by atoms with E-state index in [1.165, 1.54) is 23.7 Å². The fourth-order valence-electron chi connectivity index (χ4n) is 6.52. The topological polar surface area (TPSA) is 108 Å². The molecule has 1 aromatic carbocycles. The largest absolute Gasteiger partial charge is 0.346 e. The van der Waals surface area contributed by atoms with Crippen LogP contribution in [-0.4, -0.2) is 76.3 Å². The first kappa shape index (κ1) is 28.6. The van der Waals surface area contributed by atoms with Crippen LogP contribution in [0, 0.1) is 6.92 Å². The van der Waals surface area contributed by atoms with E-state index in [1.54, 1.807) is 19.1 Å². The summed E-state index contributed by atoms with van der Waals surface area (Å²) in [6.07, 6.45) is 3.29. The molecule has 2 amide bonds. The summed E-state index contributed by atoms with van der Waals surface area (Å²) in [5, 5.41) is 6.74. The van der Waals surface area contributed by atoms with Gasteiger partial charge in [0.1, 0.15) is 17.0 Å². The second-order valence-corrected chi connectivity index (χ2v) is 13.1. The van der Waals surface area contributed by atoms with E-state index in [0.29, 0.717) is 63.2 Å². The van der Waals surface area contributed by atoms with Crippen molar-refractivity contribution in [3.63, 3.8) is 0 Å². The average Bonchev–Trinajstić information content (AvgIpc) is 3.35. The summed E-state index contributed by atoms with van der Waals surface area (Å²) < 4.78 is 27.7. The van der Waals surface area contributed by atoms with Crippen LogP contribution in [0.5, 0.6) is 0 Å². The number of likely N-dealkylation sites (tertiary alicyclic amines) is 1. The Bertz CT molecular complexity index is 1620. The van der Waals surface area contributed by atoms with Gasteiger partial charge in [0.15, 0.2) is 0 Å². The number of carbonyl (C=O) groups is 2. The van der Waals surface area contributed by atoms with Crippen LogP contribution in [0.15, 0.2) is 29.3 Å². The van der Waals surface area contributed by atoms with Crippen LogP contribution in [0.1, 0.15) is 69.7 Å². The molecule has 9 nitrogen and oxygen atoms in total. The van der Waals surface area contributed by atoms with Crippen molar-refractivity contribution in [1.82, 2.24) is 25.1 Å². The van der Waals surface area contributed by atoms with Gasteiger partial charge in [0, 0.05) is 43.1 Å². The quantitative estimate of drug-likeness (QED) is 0.457. The number of aromatic nitrogens is 2. The van der Waals surface area contributed by atoms with Gasteiger partial charge in [-0.25, -0.2) is 18.7 Å². The third-order valence-corrected chi connectivity index (χ3v) is 10.0. The number of nitrogens with one attached hydrogen (secondary N) is 2. The monoisotopic (exact) mass is 596 g/mol. The normalized spacial score (nSPS) is 20.0. The zero-order valence-corrected chi connectivity index (χ0v) is 24.7. The maximum atomic E-state index is 13.9. The SMILES string of the molecule is Cc1cc(Nc2ncnc3sc(C(=O)N4CCC(N(C)C)CC4)cc23)c(=O)cc2c1C(=O)NC1(CCC(F)(F)CC1)C2. The first-order valence-electron chi connectivity index (χ1n) is 14.3. The summed E-state index contributed by atoms with van der Waals surface area (Å²) in [4.78, 5) is 53.9. The molecule has 6 rings (SSSR count). The van der Waals surface area contributed by atoms with Crippen molar-refractivity contribution < 1.29 is 18.4 Å². The van der Waals surface area contributed by atoms with Crippen LogP contribution in [0.25, 0.3) is 10.2 Å². The van der Waals surface area contributed by atoms with Gasteiger partial charge in [-0.05, 0) is 82.4 Å². The summed E-state index contributed by atoms with van der Waals surface area (Å²) >= 11 is 1.29. The maximum absolute atomic E-state index is 13.9. The van der Waals surface area contributed by atoms with Crippen molar-refractivity contribution in [2.75, 3.05) is 32.5 Å². The van der Waals surface area contributed by atoms with Gasteiger partial charge < -0.3 is 20.4 Å². The number of hydrogen-bond donors (Lipinski definition) is 2. The van der Waals surface area contributed by atoms with Crippen LogP contribution in [0.3, 0.4) is 0 Å². The van der Waals surface area contributed by atoms with Crippen molar-refractivity contribution in [1.29, 1.82) is 0 Å². The van der Waals surface area contributed by atoms with Gasteiger partial charge in [0.2, 0.25) is 11.4 Å². The zero-order chi connectivity index (χ0) is 29.8. The van der Waals surface area contributed by atoms with Crippen molar-refractivity contribution in [2.45, 2.75) is 69.4 Å². The number of aryl methyl sites for hydroxylation is 1. The number of piperidine rings is 1. The molecule has 12 heteroatoms. The Morgan fingerprint density at radius 1 is 1.10 bits per heavy atom. The Morgan fingerprint density at radius 2 is 1.81 bits per heavy atom. The molecular weight excluding hydrogens is 562 g/mol. The third-order valence-electron chi connectivity index (χ3n) is 9.00. The lowest BCUT2D eigenvalue weighted by atomic mass is 9.73. The second kappa shape index (κ2) is 10.6. The Hall–Kier alpha value is -3.51. The number of rotatable bonds is 4. The molecule has 222 valence electrons. The van der Waals surface area contributed by atoms with E-state index in [4.69, 9.17) is 0 Å². The van der Waals surface area contributed by atoms with E-state index in [9.17, 15) is 23.2 Å². The van der Waals surface area contributed by atoms with Crippen LogP contribution in [0.4, 0.5) is 20.3 Å². The van der Waals surface area contributed by atoms with Gasteiger partial charge in [0.05, 0.1) is 16.0 Å². The molecule has 3 aliphatic rings. The third kappa shape index (κ3) is 5.37. The van der Waals surface area contributed by atoms with E-state index < -0.39 is 11.5 Å². The molecule has 2 fully saturated rings. The Kier molecular flexibility index (Phi) is 7.25. The van der Waals surface area contributed by atoms with Gasteiger partial charge >= 0.3 is 0 Å². The van der Waals surface area contributed by atoms with Crippen LogP contribution >= 0.6 is 11.3 Å². The number of nitrogens with zero attached hydrogens (tertiary/aromatic N) is 4. The molecule has 1 aliphatic carbocycles. The highest BCUT2D eigenvalue weighted by Crippen LogP contribution is 2.42. The lowest BCUT2D eigenvalue weighted by Gasteiger charge is -2.43. The van der Waals surface area contributed by atoms with E-state index in [2.05, 4.69) is 39.6 Å². The minimum atomic E-state index is -2.73. The number of halogens is 2. The van der Waals surface area contributed by atoms with Gasteiger partial charge in [-0.2, -0.15) is 0 Å². The molecule has 1 spiro atoms. The zero-order valence-electron chi connectivity index (χ0n) is 23.9. The summed E-state index contributed by atoms with van der Waals surface area (Å²) in [7, 11) is 4.12. The van der Waals surface area contributed by atoms with Crippen molar-refractivity contribution in [3.05, 3.63) is 56.3 Å². The fraction of sp³-hybridized carbons (Fsp3) is 0.500. The standard InChI is InChI=1S/C30H34F2N6O3S/c1-17-12-21(22(39)13-18-15-29(36-26(40)24(17)18)6-8-30(31,32)9-7-29)35-25-20-14-23(42-27(20)34-16-33-25)28(41)38-10-4-19(5-11-38)37(2)3/h12-14,16,19H,4-11,15H2,1-3H3,(H,36,40)(H,33,34,35,39). The predicted octanol–water partition coefficient (Wildman–Crippen LogP) is 4.50. The van der Waals surface area contributed by atoms with Gasteiger partial charge in [-0.3, -0.25) is 14.4 Å². The Labute approximate surface area is 246 Å². The molecule has 0 radical (unpaired) electrons. The molecule has 2 aliphatic heterocycles. The number of alkyl halides is 2. The highest BCUT2D eigenvalue weighted by Gasteiger charge is 2.46. The summed E-state index contributed by atoms with van der Waals surface area (Å²) in [5.41, 5.74) is 0.672. The Balaban J connectivity index is 1.28. The van der Waals surface area contributed by atoms with Crippen LogP contribution < -0.4 is 16.1 Å². The molecule has 0 unspecified atom stereocenters. The summed E-state index contributed by atoms with van der Waals surface area (Å²) in [6.45, 7) is 3.13. The van der Waals surface area contributed by atoms with Crippen LogP contribution in [0.2, 0.25) is 0 Å². The molecule has 1 saturated heterocycles.